The number of fused-ring (bicyclic) bond motifs is 1. The Morgan fingerprint density at radius 1 is 1.29 bits per heavy atom. The highest BCUT2D eigenvalue weighted by atomic mass is 16.2. The number of hydrogen-bond acceptors (Lipinski definition) is 4. The van der Waals surface area contributed by atoms with Gasteiger partial charge in [-0.1, -0.05) is 19.1 Å². The van der Waals surface area contributed by atoms with Crippen LogP contribution in [0.2, 0.25) is 0 Å². The Hall–Kier alpha value is -2.90. The summed E-state index contributed by atoms with van der Waals surface area (Å²) in [6.07, 6.45) is 3.64. The Balaban J connectivity index is 1.29. The van der Waals surface area contributed by atoms with Crippen molar-refractivity contribution in [2.24, 2.45) is 5.92 Å². The van der Waals surface area contributed by atoms with Crippen LogP contribution in [0.3, 0.4) is 0 Å². The van der Waals surface area contributed by atoms with Gasteiger partial charge >= 0.3 is 6.03 Å². The summed E-state index contributed by atoms with van der Waals surface area (Å²) in [5.41, 5.74) is 1.03. The number of urea groups is 1. The molecule has 0 radical (unpaired) electrons. The first-order valence-corrected chi connectivity index (χ1v) is 9.81. The van der Waals surface area contributed by atoms with Gasteiger partial charge in [-0.3, -0.25) is 14.5 Å². The number of hydrogen-bond donors (Lipinski definition) is 3. The van der Waals surface area contributed by atoms with E-state index in [0.717, 1.165) is 34.6 Å². The average Bonchev–Trinajstić information content (AvgIpc) is 3.18. The van der Waals surface area contributed by atoms with Gasteiger partial charge in [-0.05, 0) is 43.7 Å². The number of carbonyl (C=O) groups excluding carboxylic acids is 3. The molecule has 2 aromatic rings. The highest BCUT2D eigenvalue weighted by molar-refractivity contribution is 6.09. The summed E-state index contributed by atoms with van der Waals surface area (Å²) >= 11 is 0. The average molecular weight is 383 g/mol. The SMILES string of the molecule is CC1CCC2(CC1)NC(=O)N(CC(=O)NCCc1nc3ccccc3[nH]1)C2=O. The van der Waals surface area contributed by atoms with Gasteiger partial charge < -0.3 is 15.6 Å². The first-order chi connectivity index (χ1) is 13.5. The number of aromatic nitrogens is 2. The number of rotatable bonds is 5. The third-order valence-corrected chi connectivity index (χ3v) is 5.80. The van der Waals surface area contributed by atoms with E-state index in [4.69, 9.17) is 0 Å². The predicted octanol–water partition coefficient (Wildman–Crippen LogP) is 1.72. The second kappa shape index (κ2) is 7.26. The van der Waals surface area contributed by atoms with E-state index in [0.29, 0.717) is 31.7 Å². The largest absolute Gasteiger partial charge is 0.354 e. The first kappa shape index (κ1) is 18.5. The molecular weight excluding hydrogens is 358 g/mol. The second-order valence-electron chi connectivity index (χ2n) is 7.89. The minimum absolute atomic E-state index is 0.248. The fourth-order valence-electron chi connectivity index (χ4n) is 4.06. The molecule has 1 aliphatic carbocycles. The van der Waals surface area contributed by atoms with Crippen LogP contribution in [0.25, 0.3) is 11.0 Å². The molecule has 8 heteroatoms. The minimum Gasteiger partial charge on any atom is -0.354 e. The van der Waals surface area contributed by atoms with Gasteiger partial charge in [0, 0.05) is 13.0 Å². The fourth-order valence-corrected chi connectivity index (χ4v) is 4.06. The Kier molecular flexibility index (Phi) is 4.78. The Morgan fingerprint density at radius 2 is 2.04 bits per heavy atom. The van der Waals surface area contributed by atoms with E-state index in [2.05, 4.69) is 27.5 Å². The number of imidazole rings is 1. The first-order valence-electron chi connectivity index (χ1n) is 9.81. The molecule has 148 valence electrons. The molecular formula is C20H25N5O3. The van der Waals surface area contributed by atoms with Crippen molar-refractivity contribution in [2.45, 2.75) is 44.6 Å². The highest BCUT2D eigenvalue weighted by Crippen LogP contribution is 2.36. The zero-order chi connectivity index (χ0) is 19.7. The quantitative estimate of drug-likeness (QED) is 0.683. The number of benzene rings is 1. The lowest BCUT2D eigenvalue weighted by Gasteiger charge is -2.33. The summed E-state index contributed by atoms with van der Waals surface area (Å²) in [5, 5.41) is 5.60. The molecule has 1 aromatic carbocycles. The molecule has 28 heavy (non-hydrogen) atoms. The van der Waals surface area contributed by atoms with Crippen molar-refractivity contribution < 1.29 is 14.4 Å². The molecule has 1 spiro atoms. The lowest BCUT2D eigenvalue weighted by molar-refractivity contribution is -0.136. The number of aromatic amines is 1. The van der Waals surface area contributed by atoms with Gasteiger partial charge in [-0.25, -0.2) is 9.78 Å². The van der Waals surface area contributed by atoms with Crippen LogP contribution in [-0.2, 0) is 16.0 Å². The van der Waals surface area contributed by atoms with Crippen molar-refractivity contribution in [3.8, 4) is 0 Å². The van der Waals surface area contributed by atoms with Crippen LogP contribution in [0.5, 0.6) is 0 Å². The zero-order valence-electron chi connectivity index (χ0n) is 16.0. The lowest BCUT2D eigenvalue weighted by atomic mass is 9.77. The summed E-state index contributed by atoms with van der Waals surface area (Å²) in [5.74, 6) is 0.732. The topological polar surface area (TPSA) is 107 Å². The van der Waals surface area contributed by atoms with E-state index in [-0.39, 0.29) is 18.4 Å². The Bertz CT molecular complexity index is 880. The molecule has 1 saturated heterocycles. The van der Waals surface area contributed by atoms with E-state index in [1.54, 1.807) is 0 Å². The van der Waals surface area contributed by atoms with E-state index in [1.807, 2.05) is 24.3 Å². The molecule has 0 bridgehead atoms. The summed E-state index contributed by atoms with van der Waals surface area (Å²) in [4.78, 5) is 46.0. The van der Waals surface area contributed by atoms with Crippen molar-refractivity contribution in [3.05, 3.63) is 30.1 Å². The second-order valence-corrected chi connectivity index (χ2v) is 7.89. The predicted molar refractivity (Wildman–Crippen MR) is 103 cm³/mol. The standard InChI is InChI=1S/C20H25N5O3/c1-13-6-9-20(10-7-13)18(27)25(19(28)24-20)12-17(26)21-11-8-16-22-14-4-2-3-5-15(14)23-16/h2-5,13H,6-12H2,1H3,(H,21,26)(H,22,23)(H,24,28). The van der Waals surface area contributed by atoms with Crippen LogP contribution >= 0.6 is 0 Å². The van der Waals surface area contributed by atoms with Gasteiger partial charge in [-0.15, -0.1) is 0 Å². The maximum atomic E-state index is 12.8. The molecule has 2 aliphatic rings. The molecule has 1 saturated carbocycles. The monoisotopic (exact) mass is 383 g/mol. The van der Waals surface area contributed by atoms with Crippen LogP contribution in [0, 0.1) is 5.92 Å². The van der Waals surface area contributed by atoms with Crippen LogP contribution in [0.1, 0.15) is 38.4 Å². The zero-order valence-corrected chi connectivity index (χ0v) is 16.0. The molecule has 2 fully saturated rings. The summed E-state index contributed by atoms with van der Waals surface area (Å²) in [6, 6.07) is 7.26. The van der Waals surface area contributed by atoms with Gasteiger partial charge in [-0.2, -0.15) is 0 Å². The molecule has 4 rings (SSSR count). The number of para-hydroxylation sites is 2. The van der Waals surface area contributed by atoms with E-state index >= 15 is 0 Å². The third kappa shape index (κ3) is 3.46. The Morgan fingerprint density at radius 3 is 2.79 bits per heavy atom. The van der Waals surface area contributed by atoms with Gasteiger partial charge in [0.25, 0.3) is 5.91 Å². The molecule has 3 N–H and O–H groups in total. The number of amides is 4. The van der Waals surface area contributed by atoms with Crippen molar-refractivity contribution in [1.29, 1.82) is 0 Å². The van der Waals surface area contributed by atoms with Crippen molar-refractivity contribution in [3.63, 3.8) is 0 Å². The molecule has 4 amide bonds. The number of H-pyrrole nitrogens is 1. The maximum Gasteiger partial charge on any atom is 0.325 e. The van der Waals surface area contributed by atoms with Crippen molar-refractivity contribution in [1.82, 2.24) is 25.5 Å². The number of nitrogens with zero attached hydrogens (tertiary/aromatic N) is 2. The molecule has 0 atom stereocenters. The highest BCUT2D eigenvalue weighted by Gasteiger charge is 2.52. The Labute approximate surface area is 163 Å². The normalized spacial score (nSPS) is 24.8. The number of carbonyl (C=O) groups is 3. The van der Waals surface area contributed by atoms with Gasteiger partial charge in [0.15, 0.2) is 0 Å². The van der Waals surface area contributed by atoms with Crippen LogP contribution in [0.4, 0.5) is 4.79 Å². The number of imide groups is 1. The van der Waals surface area contributed by atoms with E-state index in [9.17, 15) is 14.4 Å². The smallest absolute Gasteiger partial charge is 0.325 e. The van der Waals surface area contributed by atoms with Gasteiger partial charge in [0.1, 0.15) is 17.9 Å². The van der Waals surface area contributed by atoms with Crippen LogP contribution < -0.4 is 10.6 Å². The summed E-state index contributed by atoms with van der Waals surface area (Å²) < 4.78 is 0. The minimum atomic E-state index is -0.807. The fraction of sp³-hybridized carbons (Fsp3) is 0.500. The van der Waals surface area contributed by atoms with Crippen LogP contribution in [0.15, 0.2) is 24.3 Å². The third-order valence-electron chi connectivity index (χ3n) is 5.80. The van der Waals surface area contributed by atoms with Crippen molar-refractivity contribution in [2.75, 3.05) is 13.1 Å². The molecule has 1 aliphatic heterocycles. The van der Waals surface area contributed by atoms with Crippen molar-refractivity contribution >= 4 is 28.9 Å². The molecule has 8 nitrogen and oxygen atoms in total. The number of nitrogens with one attached hydrogen (secondary N) is 3. The summed E-state index contributed by atoms with van der Waals surface area (Å²) in [6.45, 7) is 2.29. The summed E-state index contributed by atoms with van der Waals surface area (Å²) in [7, 11) is 0. The van der Waals surface area contributed by atoms with E-state index < -0.39 is 11.6 Å². The van der Waals surface area contributed by atoms with Gasteiger partial charge in [0.2, 0.25) is 5.91 Å². The van der Waals surface area contributed by atoms with Gasteiger partial charge in [0.05, 0.1) is 11.0 Å². The van der Waals surface area contributed by atoms with Crippen LogP contribution in [-0.4, -0.2) is 51.3 Å². The molecule has 1 aromatic heterocycles. The molecule has 0 unspecified atom stereocenters. The lowest BCUT2D eigenvalue weighted by Crippen LogP contribution is -2.50. The maximum absolute atomic E-state index is 12.8. The molecule has 2 heterocycles. The van der Waals surface area contributed by atoms with E-state index in [1.165, 1.54) is 0 Å².